The van der Waals surface area contributed by atoms with Crippen LogP contribution in [0.3, 0.4) is 0 Å². The van der Waals surface area contributed by atoms with Gasteiger partial charge >= 0.3 is 5.97 Å². The Bertz CT molecular complexity index is 928. The largest absolute Gasteiger partial charge is 0.493 e. The number of amides is 2. The number of hydrogen-bond donors (Lipinski definition) is 1. The summed E-state index contributed by atoms with van der Waals surface area (Å²) in [6, 6.07) is 11.3. The minimum absolute atomic E-state index is 0.161. The molecule has 0 bridgehead atoms. The van der Waals surface area contributed by atoms with Gasteiger partial charge in [-0.15, -0.1) is 0 Å². The lowest BCUT2D eigenvalue weighted by atomic mass is 10.1. The first-order chi connectivity index (χ1) is 14.8. The Hall–Kier alpha value is -2.87. The molecule has 1 aliphatic heterocycles. The number of ether oxygens (including phenoxy) is 2. The second kappa shape index (κ2) is 10.4. The molecule has 3 rings (SSSR count). The molecule has 1 fully saturated rings. The van der Waals surface area contributed by atoms with E-state index in [-0.39, 0.29) is 34.4 Å². The number of nitrogens with zero attached hydrogens (tertiary/aromatic N) is 1. The van der Waals surface area contributed by atoms with E-state index in [4.69, 9.17) is 9.47 Å². The number of hydrogen-bond acceptors (Lipinski definition) is 7. The summed E-state index contributed by atoms with van der Waals surface area (Å²) in [4.78, 5) is 39.0. The predicted molar refractivity (Wildman–Crippen MR) is 118 cm³/mol. The van der Waals surface area contributed by atoms with Crippen molar-refractivity contribution in [1.29, 1.82) is 0 Å². The Morgan fingerprint density at radius 1 is 1.13 bits per heavy atom. The topological polar surface area (TPSA) is 94.6 Å². The summed E-state index contributed by atoms with van der Waals surface area (Å²) in [5, 5.41) is 1.64. The summed E-state index contributed by atoms with van der Waals surface area (Å²) in [5.41, 5.74) is 2.71. The molecule has 1 aromatic heterocycles. The minimum Gasteiger partial charge on any atom is -0.493 e. The molecule has 164 valence electrons. The van der Waals surface area contributed by atoms with Crippen LogP contribution in [0.25, 0.3) is 0 Å². The van der Waals surface area contributed by atoms with Gasteiger partial charge in [-0.25, -0.2) is 0 Å². The second-order valence-corrected chi connectivity index (χ2v) is 8.82. The molecule has 0 aliphatic carbocycles. The van der Waals surface area contributed by atoms with Crippen molar-refractivity contribution < 1.29 is 23.9 Å². The SMILES string of the molecule is CC(C)C(=O)OC(C)c1ccc(CCOc2ccc(C[C@H]3SC(=O)NC3=O)cc2)nc1. The third-order valence-electron chi connectivity index (χ3n) is 4.82. The highest BCUT2D eigenvalue weighted by Gasteiger charge is 2.31. The summed E-state index contributed by atoms with van der Waals surface area (Å²) in [6.45, 7) is 5.91. The van der Waals surface area contributed by atoms with Crippen LogP contribution in [0.15, 0.2) is 42.6 Å². The lowest BCUT2D eigenvalue weighted by molar-refractivity contribution is -0.152. The normalized spacial score (nSPS) is 16.8. The van der Waals surface area contributed by atoms with E-state index in [0.29, 0.717) is 19.4 Å². The summed E-state index contributed by atoms with van der Waals surface area (Å²) in [5.74, 6) is 0.108. The van der Waals surface area contributed by atoms with Gasteiger partial charge in [-0.1, -0.05) is 43.8 Å². The molecule has 1 N–H and O–H groups in total. The number of esters is 1. The maximum atomic E-state index is 11.7. The highest BCUT2D eigenvalue weighted by molar-refractivity contribution is 8.15. The fourth-order valence-corrected chi connectivity index (χ4v) is 3.80. The summed E-state index contributed by atoms with van der Waals surface area (Å²) < 4.78 is 11.2. The van der Waals surface area contributed by atoms with Gasteiger partial charge in [0.1, 0.15) is 11.9 Å². The molecule has 0 radical (unpaired) electrons. The van der Waals surface area contributed by atoms with E-state index < -0.39 is 0 Å². The lowest BCUT2D eigenvalue weighted by Crippen LogP contribution is -2.25. The molecule has 31 heavy (non-hydrogen) atoms. The number of nitrogens with one attached hydrogen (secondary N) is 1. The number of carbonyl (C=O) groups excluding carboxylic acids is 3. The molecule has 7 nitrogen and oxygen atoms in total. The van der Waals surface area contributed by atoms with Crippen molar-refractivity contribution >= 4 is 28.9 Å². The third kappa shape index (κ3) is 6.55. The minimum atomic E-state index is -0.370. The molecule has 1 unspecified atom stereocenters. The van der Waals surface area contributed by atoms with Crippen LogP contribution in [0.4, 0.5) is 4.79 Å². The van der Waals surface area contributed by atoms with Gasteiger partial charge in [-0.3, -0.25) is 24.7 Å². The number of rotatable bonds is 9. The number of carbonyl (C=O) groups is 3. The van der Waals surface area contributed by atoms with Gasteiger partial charge in [0.25, 0.3) is 5.24 Å². The maximum absolute atomic E-state index is 11.7. The Balaban J connectivity index is 1.44. The Morgan fingerprint density at radius 3 is 2.45 bits per heavy atom. The van der Waals surface area contributed by atoms with Crippen LogP contribution < -0.4 is 10.1 Å². The third-order valence-corrected chi connectivity index (χ3v) is 5.80. The zero-order chi connectivity index (χ0) is 22.4. The smallest absolute Gasteiger partial charge is 0.308 e. The molecule has 0 spiro atoms. The molecule has 1 aliphatic rings. The molecule has 2 aromatic rings. The highest BCUT2D eigenvalue weighted by atomic mass is 32.2. The van der Waals surface area contributed by atoms with Gasteiger partial charge < -0.3 is 9.47 Å². The Labute approximate surface area is 185 Å². The van der Waals surface area contributed by atoms with Crippen LogP contribution in [-0.2, 0) is 27.2 Å². The van der Waals surface area contributed by atoms with E-state index in [1.165, 1.54) is 0 Å². The maximum Gasteiger partial charge on any atom is 0.308 e. The molecule has 1 aromatic carbocycles. The Kier molecular flexibility index (Phi) is 7.68. The predicted octanol–water partition coefficient (Wildman–Crippen LogP) is 3.86. The first kappa shape index (κ1) is 22.8. The van der Waals surface area contributed by atoms with Crippen molar-refractivity contribution in [2.24, 2.45) is 5.92 Å². The summed E-state index contributed by atoms with van der Waals surface area (Å²) in [7, 11) is 0. The first-order valence-corrected chi connectivity index (χ1v) is 11.1. The average Bonchev–Trinajstić information content (AvgIpc) is 3.06. The van der Waals surface area contributed by atoms with Crippen molar-refractivity contribution in [3.8, 4) is 5.75 Å². The van der Waals surface area contributed by atoms with Crippen LogP contribution in [0, 0.1) is 5.92 Å². The molecule has 2 atom stereocenters. The molecule has 2 amide bonds. The molecule has 1 saturated heterocycles. The van der Waals surface area contributed by atoms with E-state index >= 15 is 0 Å². The van der Waals surface area contributed by atoms with E-state index in [2.05, 4.69) is 10.3 Å². The van der Waals surface area contributed by atoms with Crippen LogP contribution in [0.2, 0.25) is 0 Å². The van der Waals surface area contributed by atoms with Crippen molar-refractivity contribution in [3.05, 3.63) is 59.4 Å². The summed E-state index contributed by atoms with van der Waals surface area (Å²) >= 11 is 1.03. The quantitative estimate of drug-likeness (QED) is 0.589. The monoisotopic (exact) mass is 442 g/mol. The average molecular weight is 443 g/mol. The molecule has 8 heteroatoms. The van der Waals surface area contributed by atoms with E-state index in [1.54, 1.807) is 20.0 Å². The lowest BCUT2D eigenvalue weighted by Gasteiger charge is -2.15. The van der Waals surface area contributed by atoms with E-state index in [0.717, 1.165) is 34.3 Å². The van der Waals surface area contributed by atoms with Gasteiger partial charge in [0.2, 0.25) is 5.91 Å². The summed E-state index contributed by atoms with van der Waals surface area (Å²) in [6.07, 6.45) is 2.54. The first-order valence-electron chi connectivity index (χ1n) is 10.2. The van der Waals surface area contributed by atoms with Crippen molar-refractivity contribution in [1.82, 2.24) is 10.3 Å². The molecule has 2 heterocycles. The van der Waals surface area contributed by atoms with Crippen molar-refractivity contribution in [2.75, 3.05) is 6.61 Å². The van der Waals surface area contributed by atoms with E-state index in [1.807, 2.05) is 43.3 Å². The van der Waals surface area contributed by atoms with Gasteiger partial charge in [-0.05, 0) is 37.1 Å². The number of aromatic nitrogens is 1. The number of pyridine rings is 1. The van der Waals surface area contributed by atoms with Crippen molar-refractivity contribution in [2.45, 2.75) is 45.0 Å². The zero-order valence-corrected chi connectivity index (χ0v) is 18.6. The van der Waals surface area contributed by atoms with Gasteiger partial charge in [0, 0.05) is 23.9 Å². The van der Waals surface area contributed by atoms with Gasteiger partial charge in [0.05, 0.1) is 17.8 Å². The fourth-order valence-electron chi connectivity index (χ4n) is 2.94. The number of benzene rings is 1. The number of imide groups is 1. The van der Waals surface area contributed by atoms with Crippen LogP contribution in [0.5, 0.6) is 5.75 Å². The zero-order valence-electron chi connectivity index (χ0n) is 17.8. The molecular formula is C23H26N2O5S. The van der Waals surface area contributed by atoms with Crippen LogP contribution in [-0.4, -0.2) is 34.0 Å². The standard InChI is InChI=1S/C23H26N2O5S/c1-14(2)22(27)30-15(3)17-6-7-18(24-13-17)10-11-29-19-8-4-16(5-9-19)12-20-21(26)25-23(28)31-20/h4-9,13-15,20H,10-12H2,1-3H3,(H,25,26,28)/t15?,20-/m1/s1. The number of thioether (sulfide) groups is 1. The van der Waals surface area contributed by atoms with Gasteiger partial charge in [-0.2, -0.15) is 0 Å². The van der Waals surface area contributed by atoms with Gasteiger partial charge in [0.15, 0.2) is 0 Å². The second-order valence-electron chi connectivity index (χ2n) is 7.65. The fraction of sp³-hybridized carbons (Fsp3) is 0.391. The Morgan fingerprint density at radius 2 is 1.87 bits per heavy atom. The molecule has 0 saturated carbocycles. The molecular weight excluding hydrogens is 416 g/mol. The van der Waals surface area contributed by atoms with Crippen LogP contribution >= 0.6 is 11.8 Å². The van der Waals surface area contributed by atoms with Crippen LogP contribution in [0.1, 0.15) is 43.7 Å². The van der Waals surface area contributed by atoms with E-state index in [9.17, 15) is 14.4 Å². The highest BCUT2D eigenvalue weighted by Crippen LogP contribution is 2.24. The van der Waals surface area contributed by atoms with Crippen molar-refractivity contribution in [3.63, 3.8) is 0 Å².